The molecule has 0 unspecified atom stereocenters. The number of carbonyl (C=O) groups is 2. The molecule has 0 radical (unpaired) electrons. The van der Waals surface area contributed by atoms with E-state index in [1.807, 2.05) is 30.0 Å². The van der Waals surface area contributed by atoms with E-state index in [-0.39, 0.29) is 17.9 Å². The molecule has 0 bridgehead atoms. The summed E-state index contributed by atoms with van der Waals surface area (Å²) in [6, 6.07) is 7.31. The molecule has 0 saturated carbocycles. The highest BCUT2D eigenvalue weighted by molar-refractivity contribution is 5.94. The zero-order valence-corrected chi connectivity index (χ0v) is 14.8. The van der Waals surface area contributed by atoms with Gasteiger partial charge in [-0.3, -0.25) is 9.59 Å². The number of nitrogens with zero attached hydrogens (tertiary/aromatic N) is 2. The van der Waals surface area contributed by atoms with Gasteiger partial charge in [-0.25, -0.2) is 0 Å². The van der Waals surface area contributed by atoms with Crippen molar-refractivity contribution in [2.75, 3.05) is 39.4 Å². The molecule has 0 N–H and O–H groups in total. The number of ether oxygens (including phenoxy) is 2. The second kappa shape index (κ2) is 8.34. The van der Waals surface area contributed by atoms with E-state index >= 15 is 0 Å². The molecule has 2 aliphatic rings. The van der Waals surface area contributed by atoms with Crippen molar-refractivity contribution < 1.29 is 19.1 Å². The predicted molar refractivity (Wildman–Crippen MR) is 93.7 cm³/mol. The quantitative estimate of drug-likeness (QED) is 0.817. The number of hydrogen-bond donors (Lipinski definition) is 0. The topological polar surface area (TPSA) is 59.1 Å². The van der Waals surface area contributed by atoms with Crippen molar-refractivity contribution in [2.24, 2.45) is 0 Å². The van der Waals surface area contributed by atoms with Gasteiger partial charge in [-0.15, -0.1) is 0 Å². The number of carbonyl (C=O) groups excluding carboxylic acids is 2. The van der Waals surface area contributed by atoms with Crippen LogP contribution >= 0.6 is 0 Å². The number of rotatable bonds is 5. The maximum atomic E-state index is 12.7. The molecule has 1 aromatic carbocycles. The summed E-state index contributed by atoms with van der Waals surface area (Å²) < 4.78 is 11.1. The summed E-state index contributed by atoms with van der Waals surface area (Å²) in [5.74, 6) is 0.783. The van der Waals surface area contributed by atoms with Gasteiger partial charge in [0.25, 0.3) is 11.8 Å². The van der Waals surface area contributed by atoms with Crippen LogP contribution in [0.15, 0.2) is 24.3 Å². The van der Waals surface area contributed by atoms with E-state index in [1.165, 1.54) is 0 Å². The average Bonchev–Trinajstić information content (AvgIpc) is 3.20. The highest BCUT2D eigenvalue weighted by Crippen LogP contribution is 2.18. The van der Waals surface area contributed by atoms with Crippen molar-refractivity contribution in [1.29, 1.82) is 0 Å². The van der Waals surface area contributed by atoms with Crippen LogP contribution in [0.4, 0.5) is 0 Å². The summed E-state index contributed by atoms with van der Waals surface area (Å²) in [5, 5.41) is 0. The predicted octanol–water partition coefficient (Wildman–Crippen LogP) is 1.94. The Kier molecular flexibility index (Phi) is 5.91. The fourth-order valence-electron chi connectivity index (χ4n) is 3.23. The van der Waals surface area contributed by atoms with Crippen molar-refractivity contribution >= 4 is 11.8 Å². The maximum Gasteiger partial charge on any atom is 0.254 e. The summed E-state index contributed by atoms with van der Waals surface area (Å²) >= 11 is 0. The van der Waals surface area contributed by atoms with Crippen molar-refractivity contribution in [3.63, 3.8) is 0 Å². The zero-order valence-electron chi connectivity index (χ0n) is 14.8. The van der Waals surface area contributed by atoms with Crippen LogP contribution < -0.4 is 4.74 Å². The van der Waals surface area contributed by atoms with E-state index < -0.39 is 0 Å². The first-order valence-electron chi connectivity index (χ1n) is 9.11. The molecule has 3 rings (SSSR count). The Hall–Kier alpha value is -2.08. The molecular formula is C19H26N2O4. The average molecular weight is 346 g/mol. The Balaban J connectivity index is 1.55. The fourth-order valence-corrected chi connectivity index (χ4v) is 3.23. The normalized spacial score (nSPS) is 20.6. The lowest BCUT2D eigenvalue weighted by molar-refractivity contribution is -0.142. The molecule has 2 aliphatic heterocycles. The van der Waals surface area contributed by atoms with Crippen LogP contribution in [0.1, 0.15) is 36.5 Å². The molecular weight excluding hydrogens is 320 g/mol. The third kappa shape index (κ3) is 4.31. The van der Waals surface area contributed by atoms with Crippen molar-refractivity contribution in [3.05, 3.63) is 29.8 Å². The van der Waals surface area contributed by atoms with Crippen LogP contribution in [0, 0.1) is 0 Å². The minimum Gasteiger partial charge on any atom is -0.494 e. The minimum atomic E-state index is -0.283. The molecule has 2 fully saturated rings. The van der Waals surface area contributed by atoms with Crippen molar-refractivity contribution in [1.82, 2.24) is 9.80 Å². The second-order valence-electron chi connectivity index (χ2n) is 6.50. The third-order valence-corrected chi connectivity index (χ3v) is 4.64. The van der Waals surface area contributed by atoms with Gasteiger partial charge < -0.3 is 19.3 Å². The highest BCUT2D eigenvalue weighted by atomic mass is 16.5. The summed E-state index contributed by atoms with van der Waals surface area (Å²) in [5.41, 5.74) is 0.632. The summed E-state index contributed by atoms with van der Waals surface area (Å²) in [6.07, 6.45) is 2.40. The van der Waals surface area contributed by atoms with Gasteiger partial charge in [-0.1, -0.05) is 13.0 Å². The molecule has 2 amide bonds. The second-order valence-corrected chi connectivity index (χ2v) is 6.50. The fraction of sp³-hybridized carbons (Fsp3) is 0.579. The van der Waals surface area contributed by atoms with E-state index in [9.17, 15) is 9.59 Å². The zero-order chi connectivity index (χ0) is 17.6. The molecule has 0 aliphatic carbocycles. The minimum absolute atomic E-state index is 0.00818. The Morgan fingerprint density at radius 2 is 1.96 bits per heavy atom. The van der Waals surface area contributed by atoms with Gasteiger partial charge in [0, 0.05) is 38.3 Å². The lowest BCUT2D eigenvalue weighted by Crippen LogP contribution is -2.52. The standard InChI is InChI=1S/C19H26N2O4/c1-2-12-24-16-6-3-5-15(14-16)18(22)20-8-10-21(11-9-20)19(23)17-7-4-13-25-17/h3,5-6,14,17H,2,4,7-13H2,1H3/t17-/m0/s1. The van der Waals surface area contributed by atoms with Gasteiger partial charge in [0.1, 0.15) is 11.9 Å². The van der Waals surface area contributed by atoms with E-state index in [0.29, 0.717) is 45.0 Å². The van der Waals surface area contributed by atoms with Crippen molar-refractivity contribution in [3.8, 4) is 5.75 Å². The molecule has 1 aromatic rings. The Bertz CT molecular complexity index is 605. The molecule has 2 saturated heterocycles. The van der Waals surface area contributed by atoms with Gasteiger partial charge in [-0.05, 0) is 37.5 Å². The van der Waals surface area contributed by atoms with E-state index in [0.717, 1.165) is 25.0 Å². The smallest absolute Gasteiger partial charge is 0.254 e. The number of hydrogen-bond acceptors (Lipinski definition) is 4. The Morgan fingerprint density at radius 3 is 2.64 bits per heavy atom. The van der Waals surface area contributed by atoms with E-state index in [1.54, 1.807) is 11.0 Å². The van der Waals surface area contributed by atoms with Crippen LogP contribution in [-0.4, -0.2) is 67.1 Å². The molecule has 6 nitrogen and oxygen atoms in total. The van der Waals surface area contributed by atoms with Crippen LogP contribution in [0.5, 0.6) is 5.75 Å². The lowest BCUT2D eigenvalue weighted by Gasteiger charge is -2.35. The molecule has 6 heteroatoms. The first kappa shape index (κ1) is 17.7. The summed E-state index contributed by atoms with van der Waals surface area (Å²) in [4.78, 5) is 28.7. The SMILES string of the molecule is CCCOc1cccc(C(=O)N2CCN(C(=O)[C@@H]3CCCO3)CC2)c1. The van der Waals surface area contributed by atoms with Gasteiger partial charge in [0.05, 0.1) is 6.61 Å². The molecule has 2 heterocycles. The maximum absolute atomic E-state index is 12.7. The van der Waals surface area contributed by atoms with E-state index in [2.05, 4.69) is 0 Å². The third-order valence-electron chi connectivity index (χ3n) is 4.64. The van der Waals surface area contributed by atoms with Crippen LogP contribution in [0.3, 0.4) is 0 Å². The van der Waals surface area contributed by atoms with Gasteiger partial charge in [0.2, 0.25) is 0 Å². The molecule has 25 heavy (non-hydrogen) atoms. The van der Waals surface area contributed by atoms with Crippen molar-refractivity contribution in [2.45, 2.75) is 32.3 Å². The largest absolute Gasteiger partial charge is 0.494 e. The van der Waals surface area contributed by atoms with Crippen LogP contribution in [0.25, 0.3) is 0 Å². The molecule has 1 atom stereocenters. The Morgan fingerprint density at radius 1 is 1.20 bits per heavy atom. The van der Waals surface area contributed by atoms with Crippen LogP contribution in [0.2, 0.25) is 0 Å². The monoisotopic (exact) mass is 346 g/mol. The number of benzene rings is 1. The van der Waals surface area contributed by atoms with Crippen LogP contribution in [-0.2, 0) is 9.53 Å². The summed E-state index contributed by atoms with van der Waals surface area (Å²) in [7, 11) is 0. The molecule has 136 valence electrons. The number of piperazine rings is 1. The first-order chi connectivity index (χ1) is 12.2. The van der Waals surface area contributed by atoms with Gasteiger partial charge in [0.15, 0.2) is 0 Å². The van der Waals surface area contributed by atoms with E-state index in [4.69, 9.17) is 9.47 Å². The molecule has 0 aromatic heterocycles. The number of amides is 2. The lowest BCUT2D eigenvalue weighted by atomic mass is 10.1. The van der Waals surface area contributed by atoms with Gasteiger partial charge >= 0.3 is 0 Å². The summed E-state index contributed by atoms with van der Waals surface area (Å²) in [6.45, 7) is 5.60. The molecule has 0 spiro atoms. The Labute approximate surface area is 148 Å². The van der Waals surface area contributed by atoms with Gasteiger partial charge in [-0.2, -0.15) is 0 Å². The highest BCUT2D eigenvalue weighted by Gasteiger charge is 2.31. The first-order valence-corrected chi connectivity index (χ1v) is 9.11.